The second-order valence-corrected chi connectivity index (χ2v) is 10.1. The second-order valence-electron chi connectivity index (χ2n) is 10.1. The number of carbonyl (C=O) groups excluding carboxylic acids is 1. The minimum absolute atomic E-state index is 0.0338. The van der Waals surface area contributed by atoms with Gasteiger partial charge in [-0.15, -0.1) is 0 Å². The fraction of sp³-hybridized carbons (Fsp3) is 0.333. The molecule has 0 saturated carbocycles. The quantitative estimate of drug-likeness (QED) is 0.321. The molecule has 1 aliphatic rings. The number of aliphatic hydroxyl groups excluding tert-OH is 2. The monoisotopic (exact) mass is 533 g/mol. The highest BCUT2D eigenvalue weighted by Crippen LogP contribution is 2.41. The first kappa shape index (κ1) is 28.1. The van der Waals surface area contributed by atoms with Crippen LogP contribution >= 0.6 is 0 Å². The van der Waals surface area contributed by atoms with Gasteiger partial charge in [0, 0.05) is 17.5 Å². The number of primary amides is 1. The van der Waals surface area contributed by atoms with Gasteiger partial charge >= 0.3 is 5.97 Å². The molecule has 0 radical (unpaired) electrons. The summed E-state index contributed by atoms with van der Waals surface area (Å²) >= 11 is 0. The van der Waals surface area contributed by atoms with Crippen molar-refractivity contribution in [1.29, 1.82) is 0 Å². The van der Waals surface area contributed by atoms with Crippen molar-refractivity contribution in [3.8, 4) is 22.4 Å². The number of carboxylic acid groups (broad SMARTS) is 1. The molecule has 2 atom stereocenters. The fourth-order valence-corrected chi connectivity index (χ4v) is 5.01. The van der Waals surface area contributed by atoms with Gasteiger partial charge in [0.2, 0.25) is 0 Å². The van der Waals surface area contributed by atoms with Gasteiger partial charge in [0.1, 0.15) is 11.5 Å². The predicted octanol–water partition coefficient (Wildman–Crippen LogP) is 4.26. The topological polar surface area (TPSA) is 147 Å². The number of aryl methyl sites for hydroxylation is 1. The number of hydrogen-bond acceptors (Lipinski definition) is 6. The summed E-state index contributed by atoms with van der Waals surface area (Å²) in [4.78, 5) is 32.3. The zero-order chi connectivity index (χ0) is 28.3. The van der Waals surface area contributed by atoms with E-state index in [0.29, 0.717) is 12.8 Å². The molecule has 5 N–H and O–H groups in total. The van der Waals surface area contributed by atoms with Gasteiger partial charge in [0.25, 0.3) is 5.91 Å². The van der Waals surface area contributed by atoms with E-state index in [9.17, 15) is 24.2 Å². The lowest BCUT2D eigenvalue weighted by molar-refractivity contribution is -0.139. The molecule has 0 bridgehead atoms. The van der Waals surface area contributed by atoms with Crippen molar-refractivity contribution in [3.05, 3.63) is 76.5 Å². The van der Waals surface area contributed by atoms with Gasteiger partial charge in [0.15, 0.2) is 0 Å². The van der Waals surface area contributed by atoms with E-state index in [0.717, 1.165) is 51.3 Å². The van der Waals surface area contributed by atoms with Crippen LogP contribution in [0.2, 0.25) is 0 Å². The summed E-state index contributed by atoms with van der Waals surface area (Å²) in [5, 5.41) is 29.4. The van der Waals surface area contributed by atoms with E-state index in [-0.39, 0.29) is 23.8 Å². The molecule has 9 heteroatoms. The first-order valence-electron chi connectivity index (χ1n) is 12.9. The Kier molecular flexibility index (Phi) is 8.52. The second kappa shape index (κ2) is 11.8. The Bertz CT molecular complexity index is 1420. The summed E-state index contributed by atoms with van der Waals surface area (Å²) in [5.41, 5.74) is 12.0. The summed E-state index contributed by atoms with van der Waals surface area (Å²) in [5.74, 6) is -2.14. The third-order valence-corrected chi connectivity index (χ3v) is 6.78. The van der Waals surface area contributed by atoms with Crippen molar-refractivity contribution >= 4 is 18.0 Å². The van der Waals surface area contributed by atoms with E-state index in [1.165, 1.54) is 18.2 Å². The van der Waals surface area contributed by atoms with Gasteiger partial charge in [-0.2, -0.15) is 0 Å². The minimum atomic E-state index is -1.19. The predicted molar refractivity (Wildman–Crippen MR) is 145 cm³/mol. The highest BCUT2D eigenvalue weighted by molar-refractivity contribution is 5.92. The number of amides is 1. The summed E-state index contributed by atoms with van der Waals surface area (Å²) in [6.07, 6.45) is 2.41. The Morgan fingerprint density at radius 1 is 1.08 bits per heavy atom. The normalized spacial score (nSPS) is 14.5. The molecule has 8 nitrogen and oxygen atoms in total. The number of fused-ring (bicyclic) bond motifs is 3. The lowest BCUT2D eigenvalue weighted by Gasteiger charge is -2.22. The van der Waals surface area contributed by atoms with Crippen molar-refractivity contribution in [1.82, 2.24) is 9.97 Å². The molecular weight excluding hydrogens is 501 g/mol. The molecule has 39 heavy (non-hydrogen) atoms. The van der Waals surface area contributed by atoms with Crippen LogP contribution in [0.15, 0.2) is 42.5 Å². The molecular formula is C30H32FN3O5. The first-order valence-corrected chi connectivity index (χ1v) is 12.9. The Balaban J connectivity index is 1.92. The van der Waals surface area contributed by atoms with E-state index in [1.54, 1.807) is 24.3 Å². The first-order chi connectivity index (χ1) is 18.5. The number of carbonyl (C=O) groups is 2. The maximum Gasteiger partial charge on any atom is 0.305 e. The largest absolute Gasteiger partial charge is 0.481 e. The number of halogens is 1. The van der Waals surface area contributed by atoms with Crippen molar-refractivity contribution in [2.75, 3.05) is 0 Å². The third-order valence-electron chi connectivity index (χ3n) is 6.78. The number of aliphatic carboxylic acids is 1. The molecule has 1 amide bonds. The van der Waals surface area contributed by atoms with Crippen molar-refractivity contribution in [3.63, 3.8) is 0 Å². The number of nitrogens with zero attached hydrogens (tertiary/aromatic N) is 2. The summed E-state index contributed by atoms with van der Waals surface area (Å²) in [6, 6.07) is 9.62. The van der Waals surface area contributed by atoms with Gasteiger partial charge in [-0.3, -0.25) is 14.6 Å². The number of nitrogens with two attached hydrogens (primary N) is 1. The average Bonchev–Trinajstić information content (AvgIpc) is 3.05. The summed E-state index contributed by atoms with van der Waals surface area (Å²) in [6.45, 7) is 4.00. The Hall–Kier alpha value is -3.95. The number of benzene rings is 1. The Morgan fingerprint density at radius 3 is 2.44 bits per heavy atom. The average molecular weight is 534 g/mol. The number of hydrogen-bond donors (Lipinski definition) is 4. The highest BCUT2D eigenvalue weighted by Gasteiger charge is 2.26. The molecule has 3 aromatic rings. The molecule has 4 rings (SSSR count). The standard InChI is InChI=1S/C30H32FN3O5/c1-16(2)28-23(11-10-19(35)14-20(36)15-26(37)38)27(17-6-8-18(31)9-7-17)22-4-3-5-24-21(29(22)34-28)12-13-25(33-24)30(32)39/h6-13,16,19-20,35-36H,3-5,14-15H2,1-2H3,(H2,32,39)(H,37,38)/t19-,20-/m1/s1. The van der Waals surface area contributed by atoms with E-state index in [1.807, 2.05) is 19.9 Å². The Morgan fingerprint density at radius 2 is 1.79 bits per heavy atom. The van der Waals surface area contributed by atoms with Gasteiger partial charge in [0.05, 0.1) is 35.7 Å². The lowest BCUT2D eigenvalue weighted by Crippen LogP contribution is -2.19. The highest BCUT2D eigenvalue weighted by atomic mass is 19.1. The number of pyridine rings is 2. The van der Waals surface area contributed by atoms with Crippen LogP contribution < -0.4 is 5.73 Å². The summed E-state index contributed by atoms with van der Waals surface area (Å²) < 4.78 is 13.9. The number of aromatic nitrogens is 2. The van der Waals surface area contributed by atoms with Gasteiger partial charge in [-0.05, 0) is 66.1 Å². The van der Waals surface area contributed by atoms with E-state index >= 15 is 0 Å². The van der Waals surface area contributed by atoms with Crippen LogP contribution in [-0.2, 0) is 17.6 Å². The van der Waals surface area contributed by atoms with Crippen LogP contribution in [-0.4, -0.2) is 49.4 Å². The number of carboxylic acids is 1. The molecule has 0 saturated heterocycles. The molecule has 2 heterocycles. The van der Waals surface area contributed by atoms with Gasteiger partial charge < -0.3 is 21.1 Å². The fourth-order valence-electron chi connectivity index (χ4n) is 5.01. The molecule has 204 valence electrons. The maximum atomic E-state index is 13.9. The zero-order valence-electron chi connectivity index (χ0n) is 21.9. The van der Waals surface area contributed by atoms with Crippen LogP contribution in [0.3, 0.4) is 0 Å². The maximum absolute atomic E-state index is 13.9. The number of aliphatic hydroxyl groups is 2. The van der Waals surface area contributed by atoms with Crippen LogP contribution in [0.5, 0.6) is 0 Å². The van der Waals surface area contributed by atoms with Crippen molar-refractivity contribution in [2.24, 2.45) is 5.73 Å². The van der Waals surface area contributed by atoms with Gasteiger partial charge in [-0.1, -0.05) is 38.1 Å². The SMILES string of the molecule is CC(C)c1nc2c(c(-c3ccc(F)cc3)c1C=C[C@@H](O)C[C@@H](O)CC(=O)O)CCCc1nc(C(N)=O)ccc1-2. The van der Waals surface area contributed by atoms with E-state index in [4.69, 9.17) is 15.8 Å². The van der Waals surface area contributed by atoms with Crippen LogP contribution in [0.1, 0.15) is 72.0 Å². The molecule has 2 aromatic heterocycles. The van der Waals surface area contributed by atoms with Crippen LogP contribution in [0.25, 0.3) is 28.5 Å². The van der Waals surface area contributed by atoms with Crippen LogP contribution in [0, 0.1) is 5.82 Å². The van der Waals surface area contributed by atoms with E-state index in [2.05, 4.69) is 4.98 Å². The lowest BCUT2D eigenvalue weighted by atomic mass is 9.86. The minimum Gasteiger partial charge on any atom is -0.481 e. The van der Waals surface area contributed by atoms with Gasteiger partial charge in [-0.25, -0.2) is 9.37 Å². The van der Waals surface area contributed by atoms with Crippen LogP contribution in [0.4, 0.5) is 4.39 Å². The molecule has 1 aliphatic carbocycles. The number of rotatable bonds is 9. The molecule has 1 aromatic carbocycles. The Labute approximate surface area is 226 Å². The molecule has 0 unspecified atom stereocenters. The zero-order valence-corrected chi connectivity index (χ0v) is 21.9. The smallest absolute Gasteiger partial charge is 0.305 e. The summed E-state index contributed by atoms with van der Waals surface area (Å²) in [7, 11) is 0. The molecule has 0 spiro atoms. The third kappa shape index (κ3) is 6.38. The molecule has 0 fully saturated rings. The molecule has 0 aliphatic heterocycles. The van der Waals surface area contributed by atoms with Crippen molar-refractivity contribution < 1.29 is 29.3 Å². The van der Waals surface area contributed by atoms with Crippen molar-refractivity contribution in [2.45, 2.75) is 64.1 Å². The van der Waals surface area contributed by atoms with E-state index < -0.39 is 30.5 Å².